The van der Waals surface area contributed by atoms with E-state index in [4.69, 9.17) is 10.00 Å². The molecule has 0 bridgehead atoms. The van der Waals surface area contributed by atoms with Crippen molar-refractivity contribution >= 4 is 0 Å². The maximum absolute atomic E-state index is 13.2. The summed E-state index contributed by atoms with van der Waals surface area (Å²) in [6.45, 7) is 1.44. The van der Waals surface area contributed by atoms with Gasteiger partial charge >= 0.3 is 0 Å². The Hall–Kier alpha value is -2.45. The molecular formula is C16H13F2NO2. The first kappa shape index (κ1) is 14.9. The van der Waals surface area contributed by atoms with Crippen LogP contribution in [-0.4, -0.2) is 5.11 Å². The topological polar surface area (TPSA) is 53.2 Å². The Balaban J connectivity index is 2.25. The van der Waals surface area contributed by atoms with Crippen LogP contribution >= 0.6 is 0 Å². The van der Waals surface area contributed by atoms with E-state index in [1.54, 1.807) is 0 Å². The summed E-state index contributed by atoms with van der Waals surface area (Å²) >= 11 is 0. The molecule has 108 valence electrons. The molecule has 0 aliphatic carbocycles. The number of rotatable bonds is 4. The fourth-order valence-electron chi connectivity index (χ4n) is 1.92. The van der Waals surface area contributed by atoms with Gasteiger partial charge in [-0.15, -0.1) is 0 Å². The quantitative estimate of drug-likeness (QED) is 0.937. The van der Waals surface area contributed by atoms with Crippen LogP contribution in [-0.2, 0) is 6.61 Å². The average Bonchev–Trinajstić information content (AvgIpc) is 2.46. The minimum absolute atomic E-state index is 0.0496. The molecule has 21 heavy (non-hydrogen) atoms. The van der Waals surface area contributed by atoms with Gasteiger partial charge in [-0.25, -0.2) is 8.78 Å². The SMILES string of the molecule is C[C@H](O)c1cc(F)ccc1OCc1cc(F)ccc1C#N. The molecule has 0 saturated carbocycles. The Kier molecular flexibility index (Phi) is 4.51. The molecule has 0 radical (unpaired) electrons. The summed E-state index contributed by atoms with van der Waals surface area (Å²) in [6.07, 6.45) is -0.904. The van der Waals surface area contributed by atoms with Gasteiger partial charge in [-0.1, -0.05) is 0 Å². The van der Waals surface area contributed by atoms with Crippen LogP contribution in [0.1, 0.15) is 29.7 Å². The maximum atomic E-state index is 13.2. The molecule has 1 N–H and O–H groups in total. The van der Waals surface area contributed by atoms with Gasteiger partial charge in [-0.05, 0) is 43.3 Å². The number of aliphatic hydroxyl groups excluding tert-OH is 1. The van der Waals surface area contributed by atoms with Crippen LogP contribution in [0.15, 0.2) is 36.4 Å². The number of halogens is 2. The van der Waals surface area contributed by atoms with E-state index in [2.05, 4.69) is 0 Å². The van der Waals surface area contributed by atoms with Gasteiger partial charge in [0.1, 0.15) is 24.0 Å². The lowest BCUT2D eigenvalue weighted by Gasteiger charge is -2.14. The third-order valence-electron chi connectivity index (χ3n) is 2.99. The van der Waals surface area contributed by atoms with Crippen molar-refractivity contribution in [2.75, 3.05) is 0 Å². The normalized spacial score (nSPS) is 11.8. The minimum Gasteiger partial charge on any atom is -0.488 e. The van der Waals surface area contributed by atoms with E-state index < -0.39 is 17.7 Å². The number of hydrogen-bond acceptors (Lipinski definition) is 3. The number of ether oxygens (including phenoxy) is 1. The summed E-state index contributed by atoms with van der Waals surface area (Å²) in [6, 6.07) is 9.50. The van der Waals surface area contributed by atoms with Crippen LogP contribution in [0.2, 0.25) is 0 Å². The summed E-state index contributed by atoms with van der Waals surface area (Å²) in [5.41, 5.74) is 0.986. The summed E-state index contributed by atoms with van der Waals surface area (Å²) in [4.78, 5) is 0. The molecule has 1 atom stereocenters. The number of benzene rings is 2. The van der Waals surface area contributed by atoms with Crippen molar-refractivity contribution in [3.63, 3.8) is 0 Å². The van der Waals surface area contributed by atoms with Gasteiger partial charge in [0.05, 0.1) is 17.7 Å². The summed E-state index contributed by atoms with van der Waals surface area (Å²) in [5.74, 6) is -0.663. The molecule has 0 spiro atoms. The van der Waals surface area contributed by atoms with Gasteiger partial charge in [0.2, 0.25) is 0 Å². The van der Waals surface area contributed by atoms with Crippen molar-refractivity contribution in [2.45, 2.75) is 19.6 Å². The Bertz CT molecular complexity index is 693. The van der Waals surface area contributed by atoms with Gasteiger partial charge in [0, 0.05) is 11.1 Å². The van der Waals surface area contributed by atoms with Crippen LogP contribution in [0.3, 0.4) is 0 Å². The zero-order valence-electron chi connectivity index (χ0n) is 11.3. The molecule has 2 aromatic carbocycles. The van der Waals surface area contributed by atoms with E-state index in [0.717, 1.165) is 0 Å². The van der Waals surface area contributed by atoms with Crippen molar-refractivity contribution in [2.24, 2.45) is 0 Å². The molecule has 2 aromatic rings. The highest BCUT2D eigenvalue weighted by atomic mass is 19.1. The highest BCUT2D eigenvalue weighted by Gasteiger charge is 2.12. The Labute approximate surface area is 121 Å². The number of nitriles is 1. The fourth-order valence-corrected chi connectivity index (χ4v) is 1.92. The van der Waals surface area contributed by atoms with Gasteiger partial charge < -0.3 is 9.84 Å². The van der Waals surface area contributed by atoms with Crippen LogP contribution in [0, 0.1) is 23.0 Å². The second-order valence-electron chi connectivity index (χ2n) is 4.56. The average molecular weight is 289 g/mol. The van der Waals surface area contributed by atoms with E-state index in [9.17, 15) is 13.9 Å². The monoisotopic (exact) mass is 289 g/mol. The van der Waals surface area contributed by atoms with Gasteiger partial charge in [0.15, 0.2) is 0 Å². The van der Waals surface area contributed by atoms with Crippen LogP contribution < -0.4 is 4.74 Å². The fraction of sp³-hybridized carbons (Fsp3) is 0.188. The van der Waals surface area contributed by atoms with Gasteiger partial charge in [-0.3, -0.25) is 0 Å². The van der Waals surface area contributed by atoms with Crippen molar-refractivity contribution < 1.29 is 18.6 Å². The zero-order valence-corrected chi connectivity index (χ0v) is 11.3. The first-order chi connectivity index (χ1) is 10.0. The van der Waals surface area contributed by atoms with Crippen molar-refractivity contribution in [1.82, 2.24) is 0 Å². The predicted octanol–water partition coefficient (Wildman–Crippen LogP) is 3.47. The second kappa shape index (κ2) is 6.33. The molecule has 0 aliphatic heterocycles. The third-order valence-corrected chi connectivity index (χ3v) is 2.99. The van der Waals surface area contributed by atoms with E-state index in [1.165, 1.54) is 43.3 Å². The molecule has 2 rings (SSSR count). The van der Waals surface area contributed by atoms with Crippen molar-refractivity contribution in [3.8, 4) is 11.8 Å². The van der Waals surface area contributed by atoms with Crippen LogP contribution in [0.4, 0.5) is 8.78 Å². The standard InChI is InChI=1S/C16H13F2NO2/c1-10(20)15-7-14(18)4-5-16(15)21-9-12-6-13(17)3-2-11(12)8-19/h2-7,10,20H,9H2,1H3/t10-/m0/s1. The lowest BCUT2D eigenvalue weighted by Crippen LogP contribution is -2.03. The van der Waals surface area contributed by atoms with E-state index >= 15 is 0 Å². The predicted molar refractivity (Wildman–Crippen MR) is 72.5 cm³/mol. The number of hydrogen-bond donors (Lipinski definition) is 1. The molecule has 0 aromatic heterocycles. The molecule has 0 amide bonds. The highest BCUT2D eigenvalue weighted by Crippen LogP contribution is 2.27. The van der Waals surface area contributed by atoms with Crippen LogP contribution in [0.5, 0.6) is 5.75 Å². The van der Waals surface area contributed by atoms with Gasteiger partial charge in [0.25, 0.3) is 0 Å². The first-order valence-electron chi connectivity index (χ1n) is 6.30. The molecule has 0 saturated heterocycles. The van der Waals surface area contributed by atoms with E-state index in [-0.39, 0.29) is 6.61 Å². The van der Waals surface area contributed by atoms with Gasteiger partial charge in [-0.2, -0.15) is 5.26 Å². The summed E-state index contributed by atoms with van der Waals surface area (Å²) in [7, 11) is 0. The number of aliphatic hydroxyl groups is 1. The first-order valence-corrected chi connectivity index (χ1v) is 6.30. The van der Waals surface area contributed by atoms with E-state index in [1.807, 2.05) is 6.07 Å². The summed E-state index contributed by atoms with van der Waals surface area (Å²) < 4.78 is 31.9. The summed E-state index contributed by atoms with van der Waals surface area (Å²) in [5, 5.41) is 18.6. The zero-order chi connectivity index (χ0) is 15.4. The largest absolute Gasteiger partial charge is 0.488 e. The molecular weight excluding hydrogens is 276 g/mol. The Morgan fingerprint density at radius 2 is 1.86 bits per heavy atom. The van der Waals surface area contributed by atoms with Crippen molar-refractivity contribution in [1.29, 1.82) is 5.26 Å². The molecule has 0 unspecified atom stereocenters. The lowest BCUT2D eigenvalue weighted by molar-refractivity contribution is 0.189. The smallest absolute Gasteiger partial charge is 0.125 e. The highest BCUT2D eigenvalue weighted by molar-refractivity contribution is 5.39. The third kappa shape index (κ3) is 3.56. The minimum atomic E-state index is -0.904. The molecule has 0 fully saturated rings. The molecule has 3 nitrogen and oxygen atoms in total. The van der Waals surface area contributed by atoms with E-state index in [0.29, 0.717) is 22.4 Å². The van der Waals surface area contributed by atoms with Crippen molar-refractivity contribution in [3.05, 3.63) is 64.7 Å². The second-order valence-corrected chi connectivity index (χ2v) is 4.56. The van der Waals surface area contributed by atoms with Crippen LogP contribution in [0.25, 0.3) is 0 Å². The molecule has 0 heterocycles. The number of nitrogens with zero attached hydrogens (tertiary/aromatic N) is 1. The molecule has 5 heteroatoms. The maximum Gasteiger partial charge on any atom is 0.125 e. The Morgan fingerprint density at radius 1 is 1.19 bits per heavy atom. The molecule has 0 aliphatic rings. The lowest BCUT2D eigenvalue weighted by atomic mass is 10.1. The Morgan fingerprint density at radius 3 is 2.52 bits per heavy atom.